The first-order valence-electron chi connectivity index (χ1n) is 12.7. The van der Waals surface area contributed by atoms with Gasteiger partial charge in [-0.15, -0.1) is 0 Å². The Bertz CT molecular complexity index is 1400. The Morgan fingerprint density at radius 2 is 1.85 bits per heavy atom. The molecule has 3 heterocycles. The van der Waals surface area contributed by atoms with Crippen LogP contribution in [0.2, 0.25) is 0 Å². The molecule has 3 aliphatic heterocycles. The van der Waals surface area contributed by atoms with Crippen molar-refractivity contribution < 1.29 is 27.5 Å². The summed E-state index contributed by atoms with van der Waals surface area (Å²) in [4.78, 5) is 25.6. The van der Waals surface area contributed by atoms with Crippen LogP contribution in [-0.2, 0) is 19.4 Å². The third kappa shape index (κ3) is 5.20. The second-order valence-electron chi connectivity index (χ2n) is 10.5. The maximum Gasteiger partial charge on any atom is 0.254 e. The number of aliphatic hydroxyl groups excluding tert-OH is 1. The van der Waals surface area contributed by atoms with Gasteiger partial charge < -0.3 is 20.2 Å². The van der Waals surface area contributed by atoms with E-state index in [-0.39, 0.29) is 18.4 Å². The predicted molar refractivity (Wildman–Crippen MR) is 139 cm³/mol. The first-order valence-corrected chi connectivity index (χ1v) is 12.7. The summed E-state index contributed by atoms with van der Waals surface area (Å²) in [5.41, 5.74) is 3.57. The summed E-state index contributed by atoms with van der Waals surface area (Å²) >= 11 is 0. The molecule has 0 spiro atoms. The van der Waals surface area contributed by atoms with Crippen molar-refractivity contribution >= 4 is 23.5 Å². The summed E-state index contributed by atoms with van der Waals surface area (Å²) in [6.45, 7) is 3.51. The maximum absolute atomic E-state index is 14.2. The number of benzene rings is 2. The van der Waals surface area contributed by atoms with Gasteiger partial charge in [-0.25, -0.2) is 17.6 Å². The van der Waals surface area contributed by atoms with Crippen molar-refractivity contribution in [3.8, 4) is 0 Å². The lowest BCUT2D eigenvalue weighted by molar-refractivity contribution is 0.0768. The zero-order chi connectivity index (χ0) is 28.0. The van der Waals surface area contributed by atoms with E-state index in [2.05, 4.69) is 10.3 Å². The number of aliphatic hydroxyl groups is 1. The van der Waals surface area contributed by atoms with Gasteiger partial charge >= 0.3 is 0 Å². The first kappa shape index (κ1) is 27.0. The number of hydrogen-bond donors (Lipinski definition) is 2. The first-order chi connectivity index (χ1) is 18.5. The van der Waals surface area contributed by atoms with Crippen LogP contribution in [0, 0.1) is 29.2 Å². The minimum Gasteiger partial charge on any atom is -0.385 e. The number of hydrogen-bond acceptors (Lipinski definition) is 6. The smallest absolute Gasteiger partial charge is 0.254 e. The summed E-state index contributed by atoms with van der Waals surface area (Å²) in [6.07, 6.45) is 1.93. The van der Waals surface area contributed by atoms with Crippen molar-refractivity contribution in [3.05, 3.63) is 75.5 Å². The second-order valence-corrected chi connectivity index (χ2v) is 10.5. The lowest BCUT2D eigenvalue weighted by Crippen LogP contribution is -2.40. The summed E-state index contributed by atoms with van der Waals surface area (Å²) < 4.78 is 55.8. The molecule has 2 aromatic rings. The zero-order valence-electron chi connectivity index (χ0n) is 21.8. The Kier molecular flexibility index (Phi) is 7.30. The number of rotatable bonds is 8. The summed E-state index contributed by atoms with van der Waals surface area (Å²) in [5.74, 6) is -6.48. The Hall–Kier alpha value is -3.57. The Balaban J connectivity index is 1.34. The van der Waals surface area contributed by atoms with Crippen LogP contribution in [-0.4, -0.2) is 72.2 Å². The Morgan fingerprint density at radius 1 is 1.13 bits per heavy atom. The molecule has 11 heteroatoms. The normalized spacial score (nSPS) is 20.7. The van der Waals surface area contributed by atoms with Crippen LogP contribution < -0.4 is 5.32 Å². The molecule has 206 valence electrons. The van der Waals surface area contributed by atoms with Gasteiger partial charge in [0.25, 0.3) is 5.91 Å². The number of dihydropyridines is 1. The number of fused-ring (bicyclic) bond motifs is 2. The van der Waals surface area contributed by atoms with Crippen molar-refractivity contribution in [2.24, 2.45) is 15.9 Å². The Labute approximate surface area is 223 Å². The van der Waals surface area contributed by atoms with Crippen molar-refractivity contribution in [2.45, 2.75) is 38.6 Å². The SMILES string of the molecule is C[C@@H](Cc1c(F)c(F)cc(F)c1F)NC1=CC=NC(O)C1C1=Nc2cc3c(cc2C1)C(=O)N(CCN(C)C)C3. The quantitative estimate of drug-likeness (QED) is 0.395. The van der Waals surface area contributed by atoms with Crippen LogP contribution in [0.15, 0.2) is 40.0 Å². The van der Waals surface area contributed by atoms with Crippen molar-refractivity contribution in [3.63, 3.8) is 0 Å². The summed E-state index contributed by atoms with van der Waals surface area (Å²) in [5, 5.41) is 13.9. The number of amides is 1. The molecule has 0 radical (unpaired) electrons. The molecule has 2 unspecified atom stereocenters. The molecule has 5 rings (SSSR count). The van der Waals surface area contributed by atoms with Crippen LogP contribution in [0.3, 0.4) is 0 Å². The van der Waals surface area contributed by atoms with E-state index in [1.54, 1.807) is 13.0 Å². The van der Waals surface area contributed by atoms with Gasteiger partial charge in [0.1, 0.15) is 0 Å². The highest BCUT2D eigenvalue weighted by Crippen LogP contribution is 2.37. The van der Waals surface area contributed by atoms with Gasteiger partial charge in [-0.3, -0.25) is 14.8 Å². The summed E-state index contributed by atoms with van der Waals surface area (Å²) in [6, 6.07) is 3.30. The third-order valence-electron chi connectivity index (χ3n) is 7.25. The molecular weight excluding hydrogens is 514 g/mol. The standard InChI is InChI=1S/C28H29F4N5O2/c1-14(8-18-25(31)19(29)12-20(30)26(18)32)34-21-4-5-33-27(38)24(21)23-10-15-9-17-16(11-22(15)35-23)13-37(28(17)39)7-6-36(2)3/h4-5,9,11-12,14,24,27,34,38H,6-8,10,13H2,1-3H3/t14-,24?,27?/m0/s1. The minimum atomic E-state index is -1.46. The molecule has 0 aliphatic carbocycles. The van der Waals surface area contributed by atoms with Crippen LogP contribution in [0.4, 0.5) is 23.2 Å². The average Bonchev–Trinajstić information content (AvgIpc) is 3.42. The van der Waals surface area contributed by atoms with E-state index in [1.165, 1.54) is 6.21 Å². The number of allylic oxidation sites excluding steroid dienone is 1. The molecule has 1 amide bonds. The fourth-order valence-electron chi connectivity index (χ4n) is 5.26. The highest BCUT2D eigenvalue weighted by Gasteiger charge is 2.36. The van der Waals surface area contributed by atoms with Crippen molar-refractivity contribution in [1.29, 1.82) is 0 Å². The van der Waals surface area contributed by atoms with Crippen LogP contribution in [0.25, 0.3) is 0 Å². The van der Waals surface area contributed by atoms with Crippen LogP contribution in [0.5, 0.6) is 0 Å². The second kappa shape index (κ2) is 10.5. The molecule has 0 aromatic heterocycles. The number of carbonyl (C=O) groups excluding carboxylic acids is 1. The van der Waals surface area contributed by atoms with E-state index >= 15 is 0 Å². The minimum absolute atomic E-state index is 0.0188. The topological polar surface area (TPSA) is 80.5 Å². The van der Waals surface area contributed by atoms with E-state index in [4.69, 9.17) is 4.99 Å². The zero-order valence-corrected chi connectivity index (χ0v) is 21.8. The number of nitrogens with one attached hydrogen (secondary N) is 1. The molecular formula is C28H29F4N5O2. The van der Waals surface area contributed by atoms with E-state index < -0.39 is 47.0 Å². The van der Waals surface area contributed by atoms with E-state index in [0.717, 1.165) is 23.4 Å². The summed E-state index contributed by atoms with van der Waals surface area (Å²) in [7, 11) is 3.91. The highest BCUT2D eigenvalue weighted by molar-refractivity contribution is 6.03. The number of carbonyl (C=O) groups is 1. The van der Waals surface area contributed by atoms with Crippen LogP contribution >= 0.6 is 0 Å². The van der Waals surface area contributed by atoms with Crippen LogP contribution in [0.1, 0.15) is 34.0 Å². The lowest BCUT2D eigenvalue weighted by Gasteiger charge is -2.29. The number of nitrogens with zero attached hydrogens (tertiary/aromatic N) is 4. The highest BCUT2D eigenvalue weighted by atomic mass is 19.2. The molecule has 7 nitrogen and oxygen atoms in total. The molecule has 0 saturated heterocycles. The molecule has 0 fully saturated rings. The van der Waals surface area contributed by atoms with Gasteiger partial charge in [0.2, 0.25) is 0 Å². The molecule has 3 atom stereocenters. The third-order valence-corrected chi connectivity index (χ3v) is 7.25. The molecule has 39 heavy (non-hydrogen) atoms. The fraction of sp³-hybridized carbons (Fsp3) is 0.393. The molecule has 2 N–H and O–H groups in total. The fourth-order valence-corrected chi connectivity index (χ4v) is 5.26. The maximum atomic E-state index is 14.2. The largest absolute Gasteiger partial charge is 0.385 e. The van der Waals surface area contributed by atoms with Gasteiger partial charge in [-0.1, -0.05) is 0 Å². The molecule has 0 saturated carbocycles. The van der Waals surface area contributed by atoms with E-state index in [0.29, 0.717) is 36.5 Å². The van der Waals surface area contributed by atoms with E-state index in [1.807, 2.05) is 36.0 Å². The molecule has 3 aliphatic rings. The number of likely N-dealkylation sites (N-methyl/N-ethyl adjacent to an activating group) is 1. The monoisotopic (exact) mass is 543 g/mol. The molecule has 2 aromatic carbocycles. The van der Waals surface area contributed by atoms with Gasteiger partial charge in [0.05, 0.1) is 11.6 Å². The van der Waals surface area contributed by atoms with Crippen molar-refractivity contribution in [1.82, 2.24) is 15.1 Å². The number of aliphatic imine (C=N–C) groups is 2. The number of halogens is 4. The van der Waals surface area contributed by atoms with Crippen molar-refractivity contribution in [2.75, 3.05) is 27.2 Å². The van der Waals surface area contributed by atoms with Gasteiger partial charge in [-0.05, 0) is 56.8 Å². The van der Waals surface area contributed by atoms with Gasteiger partial charge in [-0.2, -0.15) is 0 Å². The van der Waals surface area contributed by atoms with Gasteiger partial charge in [0.15, 0.2) is 29.5 Å². The Morgan fingerprint density at radius 3 is 2.54 bits per heavy atom. The molecule has 0 bridgehead atoms. The van der Waals surface area contributed by atoms with E-state index in [9.17, 15) is 27.5 Å². The average molecular weight is 544 g/mol. The lowest BCUT2D eigenvalue weighted by atomic mass is 9.91. The predicted octanol–water partition coefficient (Wildman–Crippen LogP) is 3.51. The van der Waals surface area contributed by atoms with Gasteiger partial charge in [0, 0.05) is 66.9 Å².